The summed E-state index contributed by atoms with van der Waals surface area (Å²) in [5.41, 5.74) is 1.00. The van der Waals surface area contributed by atoms with E-state index in [-0.39, 0.29) is 5.38 Å². The quantitative estimate of drug-likeness (QED) is 0.765. The maximum absolute atomic E-state index is 6.07. The molecular weight excluding hydrogens is 280 g/mol. The van der Waals surface area contributed by atoms with E-state index in [1.54, 1.807) is 14.2 Å². The Balaban J connectivity index is 2.15. The van der Waals surface area contributed by atoms with E-state index in [0.29, 0.717) is 29.6 Å². The highest BCUT2D eigenvalue weighted by molar-refractivity contribution is 6.20. The van der Waals surface area contributed by atoms with Crippen LogP contribution in [0.2, 0.25) is 0 Å². The van der Waals surface area contributed by atoms with Gasteiger partial charge in [0.15, 0.2) is 17.3 Å². The minimum Gasteiger partial charge on any atom is -0.493 e. The number of hydrogen-bond donors (Lipinski definition) is 0. The van der Waals surface area contributed by atoms with Crippen LogP contribution in [-0.4, -0.2) is 24.4 Å². The third-order valence-corrected chi connectivity index (χ3v) is 3.43. The van der Waals surface area contributed by atoms with Crippen LogP contribution in [0, 0.1) is 0 Å². The molecule has 1 atom stereocenters. The van der Waals surface area contributed by atoms with Gasteiger partial charge in [0.05, 0.1) is 26.0 Å². The van der Waals surface area contributed by atoms with Crippen molar-refractivity contribution < 1.29 is 14.0 Å². The molecule has 1 unspecified atom stereocenters. The van der Waals surface area contributed by atoms with E-state index in [9.17, 15) is 0 Å². The molecule has 0 aliphatic carbocycles. The first-order chi connectivity index (χ1) is 9.67. The zero-order valence-corrected chi connectivity index (χ0v) is 12.5. The number of nitrogens with zero attached hydrogens (tertiary/aromatic N) is 2. The highest BCUT2D eigenvalue weighted by Gasteiger charge is 2.14. The van der Waals surface area contributed by atoms with Gasteiger partial charge in [-0.25, -0.2) is 0 Å². The number of aromatic nitrogens is 2. The van der Waals surface area contributed by atoms with E-state index in [2.05, 4.69) is 10.1 Å². The molecule has 0 amide bonds. The van der Waals surface area contributed by atoms with Crippen LogP contribution in [-0.2, 0) is 6.42 Å². The van der Waals surface area contributed by atoms with Crippen LogP contribution in [0.1, 0.15) is 36.0 Å². The number of ether oxygens (including phenoxy) is 2. The largest absolute Gasteiger partial charge is 0.493 e. The van der Waals surface area contributed by atoms with Gasteiger partial charge in [0.1, 0.15) is 0 Å². The summed E-state index contributed by atoms with van der Waals surface area (Å²) in [5.74, 6) is 2.43. The second-order valence-corrected chi connectivity index (χ2v) is 4.82. The topological polar surface area (TPSA) is 57.4 Å². The number of methoxy groups -OCH3 is 2. The van der Waals surface area contributed by atoms with Gasteiger partial charge >= 0.3 is 0 Å². The van der Waals surface area contributed by atoms with Gasteiger partial charge in [0, 0.05) is 0 Å². The molecule has 0 aliphatic heterocycles. The summed E-state index contributed by atoms with van der Waals surface area (Å²) in [6.45, 7) is 1.97. The van der Waals surface area contributed by atoms with Gasteiger partial charge in [-0.3, -0.25) is 0 Å². The molecule has 0 aliphatic rings. The number of hydrogen-bond acceptors (Lipinski definition) is 5. The van der Waals surface area contributed by atoms with Gasteiger partial charge in [-0.05, 0) is 24.1 Å². The highest BCUT2D eigenvalue weighted by Crippen LogP contribution is 2.28. The SMILES string of the molecule is CCC(Cl)c1noc(Cc2ccc(OC)c(OC)c2)n1. The van der Waals surface area contributed by atoms with Crippen molar-refractivity contribution in [3.05, 3.63) is 35.5 Å². The van der Waals surface area contributed by atoms with Crippen molar-refractivity contribution in [3.8, 4) is 11.5 Å². The minimum atomic E-state index is -0.210. The number of halogens is 1. The van der Waals surface area contributed by atoms with Crippen LogP contribution in [0.5, 0.6) is 11.5 Å². The van der Waals surface area contributed by atoms with Gasteiger partial charge in [-0.2, -0.15) is 4.98 Å². The lowest BCUT2D eigenvalue weighted by Gasteiger charge is -2.08. The first-order valence-corrected chi connectivity index (χ1v) is 6.79. The third kappa shape index (κ3) is 3.22. The summed E-state index contributed by atoms with van der Waals surface area (Å²) >= 11 is 6.07. The van der Waals surface area contributed by atoms with Gasteiger partial charge in [0.2, 0.25) is 5.89 Å². The first kappa shape index (κ1) is 14.7. The van der Waals surface area contributed by atoms with Gasteiger partial charge in [-0.1, -0.05) is 18.1 Å². The van der Waals surface area contributed by atoms with Gasteiger partial charge in [0.25, 0.3) is 0 Å². The molecule has 1 aromatic heterocycles. The highest BCUT2D eigenvalue weighted by atomic mass is 35.5. The van der Waals surface area contributed by atoms with Crippen molar-refractivity contribution in [1.82, 2.24) is 10.1 Å². The molecule has 0 N–H and O–H groups in total. The molecule has 1 heterocycles. The molecule has 0 saturated carbocycles. The summed E-state index contributed by atoms with van der Waals surface area (Å²) < 4.78 is 15.7. The maximum atomic E-state index is 6.07. The Hall–Kier alpha value is -1.75. The lowest BCUT2D eigenvalue weighted by atomic mass is 10.1. The van der Waals surface area contributed by atoms with E-state index in [4.69, 9.17) is 25.6 Å². The number of alkyl halides is 1. The molecule has 1 aromatic carbocycles. The summed E-state index contributed by atoms with van der Waals surface area (Å²) in [4.78, 5) is 4.29. The fourth-order valence-corrected chi connectivity index (χ4v) is 1.90. The van der Waals surface area contributed by atoms with Gasteiger partial charge in [-0.15, -0.1) is 11.6 Å². The molecule has 0 radical (unpaired) electrons. The summed E-state index contributed by atoms with van der Waals surface area (Å²) in [6, 6.07) is 5.67. The van der Waals surface area contributed by atoms with E-state index < -0.39 is 0 Å². The Bertz CT molecular complexity index is 571. The Labute approximate surface area is 122 Å². The molecule has 0 saturated heterocycles. The van der Waals surface area contributed by atoms with Crippen molar-refractivity contribution >= 4 is 11.6 Å². The predicted molar refractivity (Wildman–Crippen MR) is 75.5 cm³/mol. The summed E-state index contributed by atoms with van der Waals surface area (Å²) in [5, 5.41) is 3.68. The van der Waals surface area contributed by atoms with Crippen molar-refractivity contribution in [2.45, 2.75) is 25.1 Å². The number of benzene rings is 1. The lowest BCUT2D eigenvalue weighted by molar-refractivity contribution is 0.354. The zero-order valence-electron chi connectivity index (χ0n) is 11.7. The molecule has 0 spiro atoms. The molecule has 0 bridgehead atoms. The molecule has 20 heavy (non-hydrogen) atoms. The maximum Gasteiger partial charge on any atom is 0.231 e. The average Bonchev–Trinajstić information content (AvgIpc) is 2.94. The zero-order chi connectivity index (χ0) is 14.5. The first-order valence-electron chi connectivity index (χ1n) is 6.35. The molecule has 0 fully saturated rings. The lowest BCUT2D eigenvalue weighted by Crippen LogP contribution is -1.95. The molecule has 2 aromatic rings. The average molecular weight is 297 g/mol. The fourth-order valence-electron chi connectivity index (χ4n) is 1.81. The van der Waals surface area contributed by atoms with Crippen LogP contribution in [0.3, 0.4) is 0 Å². The van der Waals surface area contributed by atoms with E-state index in [0.717, 1.165) is 12.0 Å². The Morgan fingerprint density at radius 1 is 1.25 bits per heavy atom. The Morgan fingerprint density at radius 2 is 2.00 bits per heavy atom. The van der Waals surface area contributed by atoms with Crippen LogP contribution in [0.4, 0.5) is 0 Å². The Kier molecular flexibility index (Phi) is 4.84. The standard InChI is InChI=1S/C14H17ClN2O3/c1-4-10(15)14-16-13(20-17-14)8-9-5-6-11(18-2)12(7-9)19-3/h5-7,10H,4,8H2,1-3H3. The third-order valence-electron chi connectivity index (χ3n) is 2.93. The molecule has 2 rings (SSSR count). The fraction of sp³-hybridized carbons (Fsp3) is 0.429. The minimum absolute atomic E-state index is 0.210. The molecule has 108 valence electrons. The normalized spacial score (nSPS) is 12.2. The van der Waals surface area contributed by atoms with E-state index >= 15 is 0 Å². The van der Waals surface area contributed by atoms with Crippen molar-refractivity contribution in [2.24, 2.45) is 0 Å². The molecule has 5 nitrogen and oxygen atoms in total. The van der Waals surface area contributed by atoms with Gasteiger partial charge < -0.3 is 14.0 Å². The van der Waals surface area contributed by atoms with Crippen LogP contribution < -0.4 is 9.47 Å². The summed E-state index contributed by atoms with van der Waals surface area (Å²) in [6.07, 6.45) is 1.29. The van der Waals surface area contributed by atoms with Crippen LogP contribution >= 0.6 is 11.6 Å². The van der Waals surface area contributed by atoms with E-state index in [1.165, 1.54) is 0 Å². The van der Waals surface area contributed by atoms with Crippen LogP contribution in [0.25, 0.3) is 0 Å². The smallest absolute Gasteiger partial charge is 0.231 e. The molecule has 6 heteroatoms. The monoisotopic (exact) mass is 296 g/mol. The van der Waals surface area contributed by atoms with E-state index in [1.807, 2.05) is 25.1 Å². The second kappa shape index (κ2) is 6.61. The summed E-state index contributed by atoms with van der Waals surface area (Å²) in [7, 11) is 3.21. The molecular formula is C14H17ClN2O3. The van der Waals surface area contributed by atoms with Crippen molar-refractivity contribution in [3.63, 3.8) is 0 Å². The van der Waals surface area contributed by atoms with Crippen molar-refractivity contribution in [1.29, 1.82) is 0 Å². The predicted octanol–water partition coefficient (Wildman–Crippen LogP) is 3.37. The Morgan fingerprint density at radius 3 is 2.65 bits per heavy atom. The van der Waals surface area contributed by atoms with Crippen molar-refractivity contribution in [2.75, 3.05) is 14.2 Å². The number of rotatable bonds is 6. The second-order valence-electron chi connectivity index (χ2n) is 4.29. The van der Waals surface area contributed by atoms with Crippen LogP contribution in [0.15, 0.2) is 22.7 Å².